The van der Waals surface area contributed by atoms with E-state index >= 15 is 0 Å². The van der Waals surface area contributed by atoms with Gasteiger partial charge >= 0.3 is 0 Å². The first-order valence-corrected chi connectivity index (χ1v) is 7.88. The summed E-state index contributed by atoms with van der Waals surface area (Å²) in [5.41, 5.74) is 10.9. The molecular formula is C19H23N3O. The number of benzene rings is 2. The van der Waals surface area contributed by atoms with Crippen LogP contribution in [-0.2, 0) is 0 Å². The van der Waals surface area contributed by atoms with E-state index in [-0.39, 0.29) is 12.1 Å². The highest BCUT2D eigenvalue weighted by molar-refractivity contribution is 5.79. The van der Waals surface area contributed by atoms with Crippen LogP contribution in [0.5, 0.6) is 5.75 Å². The van der Waals surface area contributed by atoms with E-state index in [4.69, 9.17) is 10.5 Å². The van der Waals surface area contributed by atoms with Crippen LogP contribution in [0.1, 0.15) is 40.8 Å². The average molecular weight is 309 g/mol. The first kappa shape index (κ1) is 15.4. The maximum atomic E-state index is 6.05. The molecular weight excluding hydrogens is 286 g/mol. The molecule has 0 aromatic heterocycles. The van der Waals surface area contributed by atoms with Crippen LogP contribution in [0.2, 0.25) is 0 Å². The van der Waals surface area contributed by atoms with Gasteiger partial charge in [0, 0.05) is 5.56 Å². The zero-order valence-electron chi connectivity index (χ0n) is 13.8. The molecule has 23 heavy (non-hydrogen) atoms. The van der Waals surface area contributed by atoms with Gasteiger partial charge in [-0.1, -0.05) is 36.4 Å². The fourth-order valence-corrected chi connectivity index (χ4v) is 3.06. The Morgan fingerprint density at radius 1 is 1.13 bits per heavy atom. The predicted octanol–water partition coefficient (Wildman–Crippen LogP) is 3.40. The molecule has 1 heterocycles. The zero-order chi connectivity index (χ0) is 16.4. The minimum Gasteiger partial charge on any atom is -0.496 e. The van der Waals surface area contributed by atoms with E-state index in [1.807, 2.05) is 18.2 Å². The minimum atomic E-state index is 0.0606. The zero-order valence-corrected chi connectivity index (χ0v) is 13.8. The quantitative estimate of drug-likeness (QED) is 0.913. The highest BCUT2D eigenvalue weighted by Crippen LogP contribution is 2.36. The van der Waals surface area contributed by atoms with Crippen LogP contribution in [0.15, 0.2) is 47.5 Å². The molecule has 2 aromatic carbocycles. The van der Waals surface area contributed by atoms with Crippen molar-refractivity contribution in [3.05, 3.63) is 64.7 Å². The van der Waals surface area contributed by atoms with Crippen molar-refractivity contribution in [2.45, 2.75) is 32.4 Å². The van der Waals surface area contributed by atoms with Crippen LogP contribution in [0, 0.1) is 13.8 Å². The Bertz CT molecular complexity index is 739. The maximum Gasteiger partial charge on any atom is 0.189 e. The number of aliphatic imine (C=N–C) groups is 1. The molecule has 0 saturated heterocycles. The van der Waals surface area contributed by atoms with Gasteiger partial charge in [-0.2, -0.15) is 0 Å². The molecule has 2 unspecified atom stereocenters. The molecule has 0 fully saturated rings. The average Bonchev–Trinajstić information content (AvgIpc) is 2.56. The molecule has 3 N–H and O–H groups in total. The second kappa shape index (κ2) is 6.32. The number of nitrogens with two attached hydrogens (primary N) is 1. The Balaban J connectivity index is 1.92. The van der Waals surface area contributed by atoms with E-state index in [2.05, 4.69) is 48.4 Å². The number of methoxy groups -OCH3 is 1. The molecule has 120 valence electrons. The van der Waals surface area contributed by atoms with Crippen molar-refractivity contribution in [1.82, 2.24) is 5.32 Å². The second-order valence-electron chi connectivity index (χ2n) is 6.05. The van der Waals surface area contributed by atoms with Crippen LogP contribution < -0.4 is 15.8 Å². The van der Waals surface area contributed by atoms with Crippen molar-refractivity contribution >= 4 is 5.96 Å². The van der Waals surface area contributed by atoms with Gasteiger partial charge in [-0.25, -0.2) is 4.99 Å². The Hall–Kier alpha value is -2.49. The van der Waals surface area contributed by atoms with E-state index in [0.717, 1.165) is 17.7 Å². The molecule has 0 spiro atoms. The molecule has 2 atom stereocenters. The van der Waals surface area contributed by atoms with Gasteiger partial charge in [-0.15, -0.1) is 0 Å². The Kier molecular flexibility index (Phi) is 4.24. The predicted molar refractivity (Wildman–Crippen MR) is 93.8 cm³/mol. The fraction of sp³-hybridized carbons (Fsp3) is 0.316. The highest BCUT2D eigenvalue weighted by atomic mass is 16.5. The van der Waals surface area contributed by atoms with Gasteiger partial charge in [-0.3, -0.25) is 0 Å². The van der Waals surface area contributed by atoms with E-state index in [1.165, 1.54) is 16.7 Å². The number of guanidine groups is 1. The first-order chi connectivity index (χ1) is 11.1. The van der Waals surface area contributed by atoms with Crippen molar-refractivity contribution in [3.8, 4) is 5.75 Å². The van der Waals surface area contributed by atoms with E-state index in [0.29, 0.717) is 5.96 Å². The Labute approximate surface area is 137 Å². The van der Waals surface area contributed by atoms with E-state index in [1.54, 1.807) is 7.11 Å². The van der Waals surface area contributed by atoms with Crippen molar-refractivity contribution < 1.29 is 4.74 Å². The largest absolute Gasteiger partial charge is 0.496 e. The van der Waals surface area contributed by atoms with Crippen LogP contribution in [-0.4, -0.2) is 13.1 Å². The Morgan fingerprint density at radius 3 is 2.65 bits per heavy atom. The highest BCUT2D eigenvalue weighted by Gasteiger charge is 2.26. The summed E-state index contributed by atoms with van der Waals surface area (Å²) >= 11 is 0. The third-order valence-electron chi connectivity index (χ3n) is 4.51. The lowest BCUT2D eigenvalue weighted by Crippen LogP contribution is -2.39. The first-order valence-electron chi connectivity index (χ1n) is 7.88. The van der Waals surface area contributed by atoms with Gasteiger partial charge in [0.15, 0.2) is 5.96 Å². The summed E-state index contributed by atoms with van der Waals surface area (Å²) in [6.07, 6.45) is 0.851. The summed E-state index contributed by atoms with van der Waals surface area (Å²) in [4.78, 5) is 4.60. The number of aryl methyl sites for hydroxylation is 2. The van der Waals surface area contributed by atoms with Crippen LogP contribution in [0.4, 0.5) is 0 Å². The number of hydrogen-bond donors (Lipinski definition) is 2. The lowest BCUT2D eigenvalue weighted by molar-refractivity contribution is 0.394. The number of hydrogen-bond acceptors (Lipinski definition) is 4. The summed E-state index contributed by atoms with van der Waals surface area (Å²) in [7, 11) is 1.69. The van der Waals surface area contributed by atoms with E-state index < -0.39 is 0 Å². The van der Waals surface area contributed by atoms with Crippen molar-refractivity contribution in [3.63, 3.8) is 0 Å². The molecule has 0 amide bonds. The SMILES string of the molecule is COc1ccccc1C1CC(c2ccc(C)c(C)c2)N=C(N)N1. The molecule has 1 aliphatic rings. The number of ether oxygens (including phenoxy) is 1. The lowest BCUT2D eigenvalue weighted by atomic mass is 9.92. The van der Waals surface area contributed by atoms with E-state index in [9.17, 15) is 0 Å². The van der Waals surface area contributed by atoms with Crippen molar-refractivity contribution in [2.75, 3.05) is 7.11 Å². The molecule has 0 aliphatic carbocycles. The second-order valence-corrected chi connectivity index (χ2v) is 6.05. The van der Waals surface area contributed by atoms with Crippen LogP contribution >= 0.6 is 0 Å². The van der Waals surface area contributed by atoms with Gasteiger partial charge in [-0.05, 0) is 43.0 Å². The monoisotopic (exact) mass is 309 g/mol. The third-order valence-corrected chi connectivity index (χ3v) is 4.51. The summed E-state index contributed by atoms with van der Waals surface area (Å²) in [5.74, 6) is 1.36. The normalized spacial score (nSPS) is 20.6. The standard InChI is InChI=1S/C19H23N3O/c1-12-8-9-14(10-13(12)2)16-11-17(22-19(20)21-16)15-6-4-5-7-18(15)23-3/h4-10,16-17H,11H2,1-3H3,(H3,20,21,22). The van der Waals surface area contributed by atoms with Gasteiger partial charge in [0.2, 0.25) is 0 Å². The van der Waals surface area contributed by atoms with Crippen molar-refractivity contribution in [2.24, 2.45) is 10.7 Å². The molecule has 3 rings (SSSR count). The smallest absolute Gasteiger partial charge is 0.189 e. The summed E-state index contributed by atoms with van der Waals surface area (Å²) in [6.45, 7) is 4.25. The summed E-state index contributed by atoms with van der Waals surface area (Å²) < 4.78 is 5.49. The van der Waals surface area contributed by atoms with Gasteiger partial charge in [0.05, 0.1) is 19.2 Å². The summed E-state index contributed by atoms with van der Waals surface area (Å²) in [5, 5.41) is 3.28. The topological polar surface area (TPSA) is 59.6 Å². The molecule has 2 aromatic rings. The lowest BCUT2D eigenvalue weighted by Gasteiger charge is -2.29. The number of nitrogens with one attached hydrogen (secondary N) is 1. The molecule has 4 heteroatoms. The molecule has 0 radical (unpaired) electrons. The van der Waals surface area contributed by atoms with Crippen LogP contribution in [0.25, 0.3) is 0 Å². The maximum absolute atomic E-state index is 6.05. The third kappa shape index (κ3) is 3.16. The number of nitrogens with zero attached hydrogens (tertiary/aromatic N) is 1. The van der Waals surface area contributed by atoms with Gasteiger partial charge in [0.1, 0.15) is 5.75 Å². The van der Waals surface area contributed by atoms with Gasteiger partial charge < -0.3 is 15.8 Å². The number of para-hydroxylation sites is 1. The molecule has 4 nitrogen and oxygen atoms in total. The van der Waals surface area contributed by atoms with Crippen LogP contribution in [0.3, 0.4) is 0 Å². The van der Waals surface area contributed by atoms with Crippen molar-refractivity contribution in [1.29, 1.82) is 0 Å². The molecule has 1 aliphatic heterocycles. The molecule has 0 saturated carbocycles. The summed E-state index contributed by atoms with van der Waals surface area (Å²) in [6, 6.07) is 14.7. The fourth-order valence-electron chi connectivity index (χ4n) is 3.06. The number of rotatable bonds is 3. The minimum absolute atomic E-state index is 0.0606. The van der Waals surface area contributed by atoms with Gasteiger partial charge in [0.25, 0.3) is 0 Å². The molecule has 0 bridgehead atoms. The Morgan fingerprint density at radius 2 is 1.91 bits per heavy atom.